The monoisotopic (exact) mass is 139 g/mol. The first-order chi connectivity index (χ1) is 4.84. The molecule has 1 aliphatic carbocycles. The number of hydrogen-bond acceptors (Lipinski definition) is 1. The molecule has 0 spiro atoms. The highest BCUT2D eigenvalue weighted by Gasteiger charge is 2.27. The lowest BCUT2D eigenvalue weighted by Gasteiger charge is -2.07. The predicted molar refractivity (Wildman–Crippen MR) is 44.7 cm³/mol. The number of nitrogens with two attached hydrogens (primary N) is 1. The molecule has 1 aliphatic rings. The van der Waals surface area contributed by atoms with Crippen LogP contribution in [-0.4, -0.2) is 6.04 Å². The van der Waals surface area contributed by atoms with Crippen molar-refractivity contribution >= 4 is 0 Å². The van der Waals surface area contributed by atoms with Gasteiger partial charge in [0.05, 0.1) is 0 Å². The fraction of sp³-hybridized carbons (Fsp3) is 0.778. The summed E-state index contributed by atoms with van der Waals surface area (Å²) in [4.78, 5) is 0. The van der Waals surface area contributed by atoms with Crippen molar-refractivity contribution in [2.24, 2.45) is 11.7 Å². The van der Waals surface area contributed by atoms with E-state index < -0.39 is 0 Å². The second kappa shape index (κ2) is 3.77. The summed E-state index contributed by atoms with van der Waals surface area (Å²) in [5.74, 6) is 0.866. The van der Waals surface area contributed by atoms with Crippen LogP contribution in [0.5, 0.6) is 0 Å². The highest BCUT2D eigenvalue weighted by Crippen LogP contribution is 2.33. The van der Waals surface area contributed by atoms with Crippen molar-refractivity contribution < 1.29 is 0 Å². The molecule has 0 saturated heterocycles. The molecule has 1 saturated carbocycles. The van der Waals surface area contributed by atoms with Crippen LogP contribution in [0.1, 0.15) is 32.1 Å². The topological polar surface area (TPSA) is 26.0 Å². The van der Waals surface area contributed by atoms with Gasteiger partial charge < -0.3 is 5.73 Å². The molecule has 0 aliphatic heterocycles. The summed E-state index contributed by atoms with van der Waals surface area (Å²) in [6.07, 6.45) is 8.25. The van der Waals surface area contributed by atoms with Gasteiger partial charge in [-0.1, -0.05) is 6.08 Å². The van der Waals surface area contributed by atoms with Crippen molar-refractivity contribution in [2.75, 3.05) is 0 Å². The Morgan fingerprint density at radius 1 is 1.60 bits per heavy atom. The summed E-state index contributed by atoms with van der Waals surface area (Å²) in [6.45, 7) is 3.68. The molecule has 0 aromatic rings. The van der Waals surface area contributed by atoms with E-state index in [1.807, 2.05) is 6.08 Å². The maximum absolute atomic E-state index is 5.89. The van der Waals surface area contributed by atoms with Crippen molar-refractivity contribution in [3.63, 3.8) is 0 Å². The third-order valence-electron chi connectivity index (χ3n) is 2.17. The van der Waals surface area contributed by atoms with Gasteiger partial charge >= 0.3 is 0 Å². The van der Waals surface area contributed by atoms with E-state index >= 15 is 0 Å². The van der Waals surface area contributed by atoms with Gasteiger partial charge in [0.15, 0.2) is 0 Å². The van der Waals surface area contributed by atoms with Crippen LogP contribution in [-0.2, 0) is 0 Å². The predicted octanol–water partition coefficient (Wildman–Crippen LogP) is 2.08. The molecule has 0 aromatic heterocycles. The molecule has 0 amide bonds. The van der Waals surface area contributed by atoms with Crippen molar-refractivity contribution in [3.8, 4) is 0 Å². The van der Waals surface area contributed by atoms with E-state index in [1.54, 1.807) is 0 Å². The van der Waals surface area contributed by atoms with Crippen LogP contribution in [0.3, 0.4) is 0 Å². The summed E-state index contributed by atoms with van der Waals surface area (Å²) in [5.41, 5.74) is 5.89. The summed E-state index contributed by atoms with van der Waals surface area (Å²) in [7, 11) is 0. The fourth-order valence-electron chi connectivity index (χ4n) is 1.26. The highest BCUT2D eigenvalue weighted by atomic mass is 14.7. The van der Waals surface area contributed by atoms with Gasteiger partial charge in [-0.15, -0.1) is 6.58 Å². The van der Waals surface area contributed by atoms with E-state index in [9.17, 15) is 0 Å². The number of rotatable bonds is 5. The van der Waals surface area contributed by atoms with Gasteiger partial charge in [0.1, 0.15) is 0 Å². The van der Waals surface area contributed by atoms with Gasteiger partial charge in [-0.25, -0.2) is 0 Å². The van der Waals surface area contributed by atoms with E-state index in [0.717, 1.165) is 12.3 Å². The number of allylic oxidation sites excluding steroid dienone is 1. The summed E-state index contributed by atoms with van der Waals surface area (Å²) < 4.78 is 0. The molecule has 58 valence electrons. The normalized spacial score (nSPS) is 20.5. The zero-order chi connectivity index (χ0) is 7.40. The van der Waals surface area contributed by atoms with Gasteiger partial charge in [-0.2, -0.15) is 0 Å². The van der Waals surface area contributed by atoms with Crippen LogP contribution in [0.4, 0.5) is 0 Å². The quantitative estimate of drug-likeness (QED) is 0.458. The first-order valence-corrected chi connectivity index (χ1v) is 4.21. The Bertz CT molecular complexity index is 105. The van der Waals surface area contributed by atoms with Gasteiger partial charge in [0, 0.05) is 6.04 Å². The van der Waals surface area contributed by atoms with E-state index in [0.29, 0.717) is 6.04 Å². The summed E-state index contributed by atoms with van der Waals surface area (Å²) in [6, 6.07) is 0.486. The Morgan fingerprint density at radius 2 is 2.30 bits per heavy atom. The molecule has 2 N–H and O–H groups in total. The molecule has 1 atom stereocenters. The lowest BCUT2D eigenvalue weighted by atomic mass is 10.1. The zero-order valence-electron chi connectivity index (χ0n) is 6.55. The van der Waals surface area contributed by atoms with E-state index in [-0.39, 0.29) is 0 Å². The fourth-order valence-corrected chi connectivity index (χ4v) is 1.26. The van der Waals surface area contributed by atoms with Crippen LogP contribution in [0, 0.1) is 5.92 Å². The average Bonchev–Trinajstić information content (AvgIpc) is 2.69. The molecule has 0 radical (unpaired) electrons. The molecule has 1 heteroatoms. The molecule has 1 unspecified atom stereocenters. The first kappa shape index (κ1) is 7.80. The summed E-state index contributed by atoms with van der Waals surface area (Å²) >= 11 is 0. The molecule has 1 nitrogen and oxygen atoms in total. The van der Waals surface area contributed by atoms with Crippen LogP contribution >= 0.6 is 0 Å². The first-order valence-electron chi connectivity index (χ1n) is 4.21. The number of unbranched alkanes of at least 4 members (excludes halogenated alkanes) is 1. The van der Waals surface area contributed by atoms with E-state index in [1.165, 1.54) is 25.7 Å². The molecular weight excluding hydrogens is 122 g/mol. The van der Waals surface area contributed by atoms with Gasteiger partial charge in [0.25, 0.3) is 0 Å². The molecule has 0 aromatic carbocycles. The Kier molecular flexibility index (Phi) is 2.94. The Balaban J connectivity index is 1.95. The van der Waals surface area contributed by atoms with Gasteiger partial charge in [-0.05, 0) is 38.0 Å². The largest absolute Gasteiger partial charge is 0.327 e. The molecule has 10 heavy (non-hydrogen) atoms. The maximum Gasteiger partial charge on any atom is 0.00672 e. The molecular formula is C9H17N. The van der Waals surface area contributed by atoms with Crippen molar-refractivity contribution in [2.45, 2.75) is 38.1 Å². The van der Waals surface area contributed by atoms with Crippen molar-refractivity contribution in [1.82, 2.24) is 0 Å². The van der Waals surface area contributed by atoms with Gasteiger partial charge in [-0.3, -0.25) is 0 Å². The lowest BCUT2D eigenvalue weighted by Crippen LogP contribution is -2.21. The Morgan fingerprint density at radius 3 is 2.80 bits per heavy atom. The SMILES string of the molecule is C=CCCCC(N)C1CC1. The molecule has 0 heterocycles. The van der Waals surface area contributed by atoms with Crippen molar-refractivity contribution in [1.29, 1.82) is 0 Å². The van der Waals surface area contributed by atoms with Crippen molar-refractivity contribution in [3.05, 3.63) is 12.7 Å². The third kappa shape index (κ3) is 2.53. The van der Waals surface area contributed by atoms with Gasteiger partial charge in [0.2, 0.25) is 0 Å². The second-order valence-electron chi connectivity index (χ2n) is 3.22. The minimum Gasteiger partial charge on any atom is -0.327 e. The third-order valence-corrected chi connectivity index (χ3v) is 2.17. The minimum atomic E-state index is 0.486. The Labute approximate surface area is 63.3 Å². The van der Waals surface area contributed by atoms with Crippen LogP contribution in [0.15, 0.2) is 12.7 Å². The van der Waals surface area contributed by atoms with Crippen LogP contribution in [0.25, 0.3) is 0 Å². The standard InChI is InChI=1S/C9H17N/c1-2-3-4-5-9(10)8-6-7-8/h2,8-9H,1,3-7,10H2. The zero-order valence-corrected chi connectivity index (χ0v) is 6.55. The smallest absolute Gasteiger partial charge is 0.00672 e. The Hall–Kier alpha value is -0.300. The molecule has 1 rings (SSSR count). The van der Waals surface area contributed by atoms with Crippen LogP contribution < -0.4 is 5.73 Å². The second-order valence-corrected chi connectivity index (χ2v) is 3.22. The number of hydrogen-bond donors (Lipinski definition) is 1. The molecule has 0 bridgehead atoms. The van der Waals surface area contributed by atoms with Crippen LogP contribution in [0.2, 0.25) is 0 Å². The maximum atomic E-state index is 5.89. The molecule has 1 fully saturated rings. The van der Waals surface area contributed by atoms with E-state index in [4.69, 9.17) is 5.73 Å². The minimum absolute atomic E-state index is 0.486. The lowest BCUT2D eigenvalue weighted by molar-refractivity contribution is 0.531. The van der Waals surface area contributed by atoms with E-state index in [2.05, 4.69) is 6.58 Å². The summed E-state index contributed by atoms with van der Waals surface area (Å²) in [5, 5.41) is 0. The average molecular weight is 139 g/mol. The highest BCUT2D eigenvalue weighted by molar-refractivity contribution is 4.84.